The highest BCUT2D eigenvalue weighted by Crippen LogP contribution is 2.33. The predicted molar refractivity (Wildman–Crippen MR) is 55.2 cm³/mol. The molecule has 1 aliphatic rings. The van der Waals surface area contributed by atoms with Crippen LogP contribution in [-0.4, -0.2) is 0 Å². The average molecular weight is 168 g/mol. The van der Waals surface area contributed by atoms with Crippen molar-refractivity contribution in [2.75, 3.05) is 0 Å². The lowest BCUT2D eigenvalue weighted by Gasteiger charge is -2.27. The second kappa shape index (κ2) is 4.89. The van der Waals surface area contributed by atoms with Crippen LogP contribution in [0.4, 0.5) is 0 Å². The van der Waals surface area contributed by atoms with Gasteiger partial charge in [-0.3, -0.25) is 0 Å². The zero-order chi connectivity index (χ0) is 8.97. The molecule has 2 unspecified atom stereocenters. The summed E-state index contributed by atoms with van der Waals surface area (Å²) >= 11 is 0. The van der Waals surface area contributed by atoms with E-state index in [0.717, 1.165) is 17.8 Å². The fourth-order valence-electron chi connectivity index (χ4n) is 1.97. The molecule has 0 radical (unpaired) electrons. The molecule has 0 bridgehead atoms. The summed E-state index contributed by atoms with van der Waals surface area (Å²) in [5.41, 5.74) is 0. The van der Waals surface area contributed by atoms with E-state index in [4.69, 9.17) is 0 Å². The Hall–Kier alpha value is 0. The molecule has 0 nitrogen and oxygen atoms in total. The molecular weight excluding hydrogens is 144 g/mol. The molecule has 0 N–H and O–H groups in total. The van der Waals surface area contributed by atoms with Gasteiger partial charge >= 0.3 is 0 Å². The van der Waals surface area contributed by atoms with Gasteiger partial charge in [-0.15, -0.1) is 0 Å². The van der Waals surface area contributed by atoms with Crippen molar-refractivity contribution < 1.29 is 0 Å². The van der Waals surface area contributed by atoms with Crippen molar-refractivity contribution >= 4 is 0 Å². The highest BCUT2D eigenvalue weighted by atomic mass is 14.2. The quantitative estimate of drug-likeness (QED) is 0.575. The van der Waals surface area contributed by atoms with E-state index in [9.17, 15) is 0 Å². The fourth-order valence-corrected chi connectivity index (χ4v) is 1.97. The Morgan fingerprint density at radius 2 is 1.83 bits per heavy atom. The number of hydrogen-bond donors (Lipinski definition) is 0. The van der Waals surface area contributed by atoms with Gasteiger partial charge < -0.3 is 0 Å². The molecule has 0 aromatic heterocycles. The Labute approximate surface area is 77.7 Å². The first-order valence-electron chi connectivity index (χ1n) is 5.74. The second-order valence-corrected chi connectivity index (χ2v) is 4.74. The minimum absolute atomic E-state index is 0.935. The van der Waals surface area contributed by atoms with Crippen LogP contribution in [0.1, 0.15) is 59.3 Å². The lowest BCUT2D eigenvalue weighted by Crippen LogP contribution is -2.14. The minimum atomic E-state index is 0.935. The molecule has 0 heterocycles. The molecule has 0 spiro atoms. The number of rotatable bonds is 5. The van der Waals surface area contributed by atoms with Crippen molar-refractivity contribution in [2.45, 2.75) is 59.3 Å². The summed E-state index contributed by atoms with van der Waals surface area (Å²) in [5, 5.41) is 0. The molecule has 1 rings (SSSR count). The van der Waals surface area contributed by atoms with Crippen LogP contribution in [0.5, 0.6) is 0 Å². The highest BCUT2D eigenvalue weighted by Gasteiger charge is 2.19. The summed E-state index contributed by atoms with van der Waals surface area (Å²) in [4.78, 5) is 0. The van der Waals surface area contributed by atoms with E-state index in [2.05, 4.69) is 20.8 Å². The van der Waals surface area contributed by atoms with Crippen LogP contribution >= 0.6 is 0 Å². The van der Waals surface area contributed by atoms with Crippen LogP contribution in [0, 0.1) is 17.8 Å². The summed E-state index contributed by atoms with van der Waals surface area (Å²) < 4.78 is 0. The van der Waals surface area contributed by atoms with Gasteiger partial charge in [0, 0.05) is 0 Å². The Bertz CT molecular complexity index is 113. The smallest absolute Gasteiger partial charge is 0.0414 e. The maximum Gasteiger partial charge on any atom is -0.0414 e. The van der Waals surface area contributed by atoms with E-state index in [1.54, 1.807) is 0 Å². The number of hydrogen-bond acceptors (Lipinski definition) is 0. The van der Waals surface area contributed by atoms with Gasteiger partial charge in [0.2, 0.25) is 0 Å². The first-order chi connectivity index (χ1) is 5.74. The summed E-state index contributed by atoms with van der Waals surface area (Å²) in [6.45, 7) is 7.13. The van der Waals surface area contributed by atoms with Gasteiger partial charge in [0.15, 0.2) is 0 Å². The van der Waals surface area contributed by atoms with Crippen molar-refractivity contribution in [1.82, 2.24) is 0 Å². The van der Waals surface area contributed by atoms with Gasteiger partial charge in [-0.05, 0) is 17.8 Å². The third kappa shape index (κ3) is 2.80. The van der Waals surface area contributed by atoms with E-state index < -0.39 is 0 Å². The molecular formula is C12H24. The SMILES string of the molecule is CCC(C)C(C)CCC1CCC1. The highest BCUT2D eigenvalue weighted by molar-refractivity contribution is 4.71. The van der Waals surface area contributed by atoms with Gasteiger partial charge in [-0.1, -0.05) is 59.3 Å². The third-order valence-corrected chi connectivity index (χ3v) is 3.87. The minimum Gasteiger partial charge on any atom is -0.0651 e. The fraction of sp³-hybridized carbons (Fsp3) is 1.00. The topological polar surface area (TPSA) is 0 Å². The van der Waals surface area contributed by atoms with Crippen LogP contribution in [0.3, 0.4) is 0 Å². The van der Waals surface area contributed by atoms with E-state index in [-0.39, 0.29) is 0 Å². The monoisotopic (exact) mass is 168 g/mol. The molecule has 1 fully saturated rings. The van der Waals surface area contributed by atoms with Crippen LogP contribution in [-0.2, 0) is 0 Å². The zero-order valence-electron chi connectivity index (χ0n) is 8.97. The lowest BCUT2D eigenvalue weighted by molar-refractivity contribution is 0.249. The molecule has 1 aliphatic carbocycles. The van der Waals surface area contributed by atoms with Crippen LogP contribution in [0.2, 0.25) is 0 Å². The zero-order valence-corrected chi connectivity index (χ0v) is 8.97. The van der Waals surface area contributed by atoms with Gasteiger partial charge in [-0.2, -0.15) is 0 Å². The maximum atomic E-state index is 2.42. The molecule has 0 saturated heterocycles. The average Bonchev–Trinajstić information content (AvgIpc) is 2.00. The lowest BCUT2D eigenvalue weighted by atomic mass is 9.78. The normalized spacial score (nSPS) is 23.2. The molecule has 72 valence electrons. The van der Waals surface area contributed by atoms with Gasteiger partial charge in [0.1, 0.15) is 0 Å². The van der Waals surface area contributed by atoms with Crippen LogP contribution < -0.4 is 0 Å². The Kier molecular flexibility index (Phi) is 4.11. The van der Waals surface area contributed by atoms with Crippen molar-refractivity contribution in [3.8, 4) is 0 Å². The molecule has 12 heavy (non-hydrogen) atoms. The Morgan fingerprint density at radius 1 is 1.17 bits per heavy atom. The van der Waals surface area contributed by atoms with Crippen molar-refractivity contribution in [3.63, 3.8) is 0 Å². The summed E-state index contributed by atoms with van der Waals surface area (Å²) in [6.07, 6.45) is 8.87. The first-order valence-corrected chi connectivity index (χ1v) is 5.74. The summed E-state index contributed by atoms with van der Waals surface area (Å²) in [7, 11) is 0. The molecule has 0 aromatic rings. The van der Waals surface area contributed by atoms with Gasteiger partial charge in [-0.25, -0.2) is 0 Å². The van der Waals surface area contributed by atoms with Crippen molar-refractivity contribution in [3.05, 3.63) is 0 Å². The summed E-state index contributed by atoms with van der Waals surface area (Å²) in [5.74, 6) is 3.00. The van der Waals surface area contributed by atoms with Crippen LogP contribution in [0.15, 0.2) is 0 Å². The Balaban J connectivity index is 2.04. The molecule has 2 atom stereocenters. The molecule has 0 amide bonds. The molecule has 1 saturated carbocycles. The largest absolute Gasteiger partial charge is 0.0651 e. The standard InChI is InChI=1S/C12H24/c1-4-10(2)11(3)8-9-12-6-5-7-12/h10-12H,4-9H2,1-3H3. The summed E-state index contributed by atoms with van der Waals surface area (Å²) in [6, 6.07) is 0. The Morgan fingerprint density at radius 3 is 2.25 bits per heavy atom. The second-order valence-electron chi connectivity index (χ2n) is 4.74. The van der Waals surface area contributed by atoms with Gasteiger partial charge in [0.05, 0.1) is 0 Å². The van der Waals surface area contributed by atoms with Crippen LogP contribution in [0.25, 0.3) is 0 Å². The van der Waals surface area contributed by atoms with E-state index >= 15 is 0 Å². The molecule has 0 heteroatoms. The van der Waals surface area contributed by atoms with E-state index in [0.29, 0.717) is 0 Å². The first kappa shape index (κ1) is 10.1. The van der Waals surface area contributed by atoms with Crippen molar-refractivity contribution in [2.24, 2.45) is 17.8 Å². The predicted octanol–water partition coefficient (Wildman–Crippen LogP) is 4.25. The molecule has 0 aromatic carbocycles. The van der Waals surface area contributed by atoms with E-state index in [1.165, 1.54) is 38.5 Å². The van der Waals surface area contributed by atoms with E-state index in [1.807, 2.05) is 0 Å². The van der Waals surface area contributed by atoms with Gasteiger partial charge in [0.25, 0.3) is 0 Å². The maximum absolute atomic E-state index is 2.42. The van der Waals surface area contributed by atoms with Crippen molar-refractivity contribution in [1.29, 1.82) is 0 Å². The molecule has 0 aliphatic heterocycles. The third-order valence-electron chi connectivity index (χ3n) is 3.87.